The number of nitrogens with zero attached hydrogens (tertiary/aromatic N) is 1. The monoisotopic (exact) mass is 400 g/mol. The summed E-state index contributed by atoms with van der Waals surface area (Å²) in [5.74, 6) is 2.30. The molecule has 4 heteroatoms. The molecule has 1 aliphatic carbocycles. The Morgan fingerprint density at radius 1 is 1.10 bits per heavy atom. The quantitative estimate of drug-likeness (QED) is 0.733. The summed E-state index contributed by atoms with van der Waals surface area (Å²) in [6.45, 7) is 13.5. The van der Waals surface area contributed by atoms with Crippen molar-refractivity contribution in [1.82, 2.24) is 10.2 Å². The SMILES string of the molecule is C[C@H](Cc1ccc(O)cc1)[C@@H]1C[C@H]1[C@H](C)C(=O)NC1CC(C)(C)N(C)C(C)(C)C1. The number of piperidine rings is 1. The number of rotatable bonds is 6. The summed E-state index contributed by atoms with van der Waals surface area (Å²) >= 11 is 0. The number of carbonyl (C=O) groups is 1. The van der Waals surface area contributed by atoms with Crippen LogP contribution >= 0.6 is 0 Å². The fourth-order valence-electron chi connectivity index (χ4n) is 5.62. The zero-order valence-electron chi connectivity index (χ0n) is 19.3. The highest BCUT2D eigenvalue weighted by molar-refractivity contribution is 5.79. The molecule has 1 aromatic rings. The van der Waals surface area contributed by atoms with E-state index in [2.05, 4.69) is 58.8 Å². The molecule has 1 aromatic carbocycles. The first-order valence-corrected chi connectivity index (χ1v) is 11.2. The third kappa shape index (κ3) is 4.96. The van der Waals surface area contributed by atoms with Gasteiger partial charge in [-0.1, -0.05) is 26.0 Å². The Bertz CT molecular complexity index is 707. The van der Waals surface area contributed by atoms with Gasteiger partial charge < -0.3 is 10.4 Å². The second-order valence-electron chi connectivity index (χ2n) is 11.0. The average Bonchev–Trinajstić information content (AvgIpc) is 3.41. The molecule has 0 spiro atoms. The van der Waals surface area contributed by atoms with Gasteiger partial charge >= 0.3 is 0 Å². The summed E-state index contributed by atoms with van der Waals surface area (Å²) in [6.07, 6.45) is 4.15. The number of hydrogen-bond donors (Lipinski definition) is 2. The van der Waals surface area contributed by atoms with E-state index in [0.29, 0.717) is 23.5 Å². The zero-order valence-corrected chi connectivity index (χ0v) is 19.3. The van der Waals surface area contributed by atoms with Crippen LogP contribution in [0.3, 0.4) is 0 Å². The molecule has 0 radical (unpaired) electrons. The number of phenols is 1. The van der Waals surface area contributed by atoms with E-state index in [-0.39, 0.29) is 28.9 Å². The number of amides is 1. The lowest BCUT2D eigenvalue weighted by atomic mass is 9.77. The Labute approximate surface area is 177 Å². The molecule has 162 valence electrons. The molecule has 3 rings (SSSR count). The fraction of sp³-hybridized carbons (Fsp3) is 0.720. The molecule has 0 unspecified atom stereocenters. The molecule has 1 saturated carbocycles. The second-order valence-corrected chi connectivity index (χ2v) is 11.0. The average molecular weight is 401 g/mol. The zero-order chi connectivity index (χ0) is 21.6. The Hall–Kier alpha value is -1.55. The number of phenolic OH excluding ortho intramolecular Hbond substituents is 1. The molecule has 2 N–H and O–H groups in total. The van der Waals surface area contributed by atoms with E-state index in [1.165, 1.54) is 5.56 Å². The van der Waals surface area contributed by atoms with E-state index in [1.54, 1.807) is 12.1 Å². The molecule has 1 saturated heterocycles. The highest BCUT2D eigenvalue weighted by Gasteiger charge is 2.48. The summed E-state index contributed by atoms with van der Waals surface area (Å²) in [7, 11) is 2.20. The van der Waals surface area contributed by atoms with Crippen molar-refractivity contribution in [1.29, 1.82) is 0 Å². The lowest BCUT2D eigenvalue weighted by molar-refractivity contribution is -0.127. The number of nitrogens with one attached hydrogen (secondary N) is 1. The predicted molar refractivity (Wildman–Crippen MR) is 119 cm³/mol. The summed E-state index contributed by atoms with van der Waals surface area (Å²) in [6, 6.07) is 7.77. The van der Waals surface area contributed by atoms with Crippen LogP contribution in [-0.2, 0) is 11.2 Å². The van der Waals surface area contributed by atoms with Crippen molar-refractivity contribution in [2.45, 2.75) is 84.3 Å². The predicted octanol–water partition coefficient (Wildman–Crippen LogP) is 4.61. The van der Waals surface area contributed by atoms with E-state index < -0.39 is 0 Å². The van der Waals surface area contributed by atoms with Crippen LogP contribution in [0.25, 0.3) is 0 Å². The number of likely N-dealkylation sites (tertiary alicyclic amines) is 1. The van der Waals surface area contributed by atoms with Gasteiger partial charge in [0.2, 0.25) is 5.91 Å². The number of hydrogen-bond acceptors (Lipinski definition) is 3. The minimum absolute atomic E-state index is 0.0770. The Morgan fingerprint density at radius 2 is 1.66 bits per heavy atom. The normalized spacial score (nSPS) is 28.5. The van der Waals surface area contributed by atoms with E-state index in [9.17, 15) is 9.90 Å². The topological polar surface area (TPSA) is 52.6 Å². The van der Waals surface area contributed by atoms with Gasteiger partial charge in [-0.05, 0) is 95.9 Å². The molecular weight excluding hydrogens is 360 g/mol. The smallest absolute Gasteiger partial charge is 0.223 e. The van der Waals surface area contributed by atoms with Crippen molar-refractivity contribution in [3.8, 4) is 5.75 Å². The molecular formula is C25H40N2O2. The van der Waals surface area contributed by atoms with Crippen LogP contribution in [0.4, 0.5) is 0 Å². The van der Waals surface area contributed by atoms with Gasteiger partial charge in [0.25, 0.3) is 0 Å². The molecule has 29 heavy (non-hydrogen) atoms. The van der Waals surface area contributed by atoms with Crippen molar-refractivity contribution >= 4 is 5.91 Å². The minimum Gasteiger partial charge on any atom is -0.508 e. The fourth-order valence-corrected chi connectivity index (χ4v) is 5.62. The first kappa shape index (κ1) is 22.1. The van der Waals surface area contributed by atoms with E-state index in [4.69, 9.17) is 0 Å². The van der Waals surface area contributed by atoms with Gasteiger partial charge in [0.1, 0.15) is 5.75 Å². The second kappa shape index (κ2) is 7.94. The maximum absolute atomic E-state index is 13.0. The molecule has 2 aliphatic rings. The minimum atomic E-state index is 0.0770. The lowest BCUT2D eigenvalue weighted by Crippen LogP contribution is -2.62. The highest BCUT2D eigenvalue weighted by Crippen LogP contribution is 2.50. The molecule has 1 amide bonds. The van der Waals surface area contributed by atoms with Gasteiger partial charge in [-0.15, -0.1) is 0 Å². The van der Waals surface area contributed by atoms with E-state index in [0.717, 1.165) is 25.7 Å². The van der Waals surface area contributed by atoms with E-state index in [1.807, 2.05) is 12.1 Å². The van der Waals surface area contributed by atoms with Crippen LogP contribution < -0.4 is 5.32 Å². The van der Waals surface area contributed by atoms with Gasteiger partial charge in [0.05, 0.1) is 0 Å². The van der Waals surface area contributed by atoms with Gasteiger partial charge in [-0.2, -0.15) is 0 Å². The first-order valence-electron chi connectivity index (χ1n) is 11.2. The third-order valence-electron chi connectivity index (χ3n) is 7.83. The van der Waals surface area contributed by atoms with Gasteiger partial charge in [-0.25, -0.2) is 0 Å². The molecule has 2 fully saturated rings. The van der Waals surface area contributed by atoms with Crippen LogP contribution in [0.5, 0.6) is 5.75 Å². The van der Waals surface area contributed by atoms with Crippen LogP contribution in [-0.4, -0.2) is 40.1 Å². The summed E-state index contributed by atoms with van der Waals surface area (Å²) in [5.41, 5.74) is 1.43. The van der Waals surface area contributed by atoms with Crippen molar-refractivity contribution in [3.63, 3.8) is 0 Å². The van der Waals surface area contributed by atoms with Crippen LogP contribution in [0.2, 0.25) is 0 Å². The van der Waals surface area contributed by atoms with Gasteiger partial charge in [0.15, 0.2) is 0 Å². The van der Waals surface area contributed by atoms with Crippen molar-refractivity contribution in [2.75, 3.05) is 7.05 Å². The Balaban J connectivity index is 1.53. The molecule has 1 aliphatic heterocycles. The summed E-state index contributed by atoms with van der Waals surface area (Å²) in [4.78, 5) is 15.5. The maximum atomic E-state index is 13.0. The van der Waals surface area contributed by atoms with Crippen molar-refractivity contribution < 1.29 is 9.90 Å². The largest absolute Gasteiger partial charge is 0.508 e. The van der Waals surface area contributed by atoms with Crippen LogP contribution in [0.15, 0.2) is 24.3 Å². The number of carbonyl (C=O) groups excluding carboxylic acids is 1. The maximum Gasteiger partial charge on any atom is 0.223 e. The van der Waals surface area contributed by atoms with E-state index >= 15 is 0 Å². The number of benzene rings is 1. The Kier molecular flexibility index (Phi) is 6.06. The summed E-state index contributed by atoms with van der Waals surface area (Å²) in [5, 5.41) is 12.8. The molecule has 4 nitrogen and oxygen atoms in total. The molecule has 4 atom stereocenters. The van der Waals surface area contributed by atoms with Crippen LogP contribution in [0, 0.1) is 23.7 Å². The standard InChI is InChI=1S/C25H40N2O2/c1-16(12-18-8-10-20(28)11-9-18)21-13-22(21)17(2)23(29)26-19-14-24(3,4)27(7)25(5,6)15-19/h8-11,16-17,19,21-22,28H,12-15H2,1-7H3,(H,26,29)/t16-,17+,21+,22+/m1/s1. The van der Waals surface area contributed by atoms with Gasteiger partial charge in [0, 0.05) is 23.0 Å². The van der Waals surface area contributed by atoms with Crippen molar-refractivity contribution in [3.05, 3.63) is 29.8 Å². The Morgan fingerprint density at radius 3 is 2.21 bits per heavy atom. The van der Waals surface area contributed by atoms with Crippen molar-refractivity contribution in [2.24, 2.45) is 23.7 Å². The van der Waals surface area contributed by atoms with Gasteiger partial charge in [-0.3, -0.25) is 9.69 Å². The molecule has 0 aromatic heterocycles. The highest BCUT2D eigenvalue weighted by atomic mass is 16.3. The molecule has 1 heterocycles. The number of aromatic hydroxyl groups is 1. The summed E-state index contributed by atoms with van der Waals surface area (Å²) < 4.78 is 0. The lowest BCUT2D eigenvalue weighted by Gasteiger charge is -2.53. The first-order chi connectivity index (χ1) is 13.4. The van der Waals surface area contributed by atoms with Crippen LogP contribution in [0.1, 0.15) is 66.4 Å². The molecule has 0 bridgehead atoms. The third-order valence-corrected chi connectivity index (χ3v) is 7.83.